The topological polar surface area (TPSA) is 33.5 Å². The molecule has 0 fully saturated rings. The van der Waals surface area contributed by atoms with Crippen LogP contribution in [0.2, 0.25) is 0 Å². The molecule has 6 aromatic carbocycles. The highest BCUT2D eigenvalue weighted by atomic mass is 16.5. The van der Waals surface area contributed by atoms with Crippen molar-refractivity contribution in [3.63, 3.8) is 0 Å². The predicted octanol–water partition coefficient (Wildman–Crippen LogP) is 16.1. The van der Waals surface area contributed by atoms with E-state index in [4.69, 9.17) is 9.72 Å². The van der Waals surface area contributed by atoms with Gasteiger partial charge in [-0.15, -0.1) is 0 Å². The highest BCUT2D eigenvalue weighted by Gasteiger charge is 2.33. The summed E-state index contributed by atoms with van der Waals surface area (Å²) in [4.78, 5) is 9.87. The Labute approximate surface area is 375 Å². The number of ether oxygens (including phenoxy) is 1. The SMILES string of the molecule is CC(C)(C)c1cccc(-c2cccc3c2N(c2cc(C(C)(C)C)cc(C(C)(C)C)c2)CN3c2cccc(Oc3ccc4c5ccccc5n(-c5cc(C(C)(C)C)ccn5)c4c3)c2)c1. The summed E-state index contributed by atoms with van der Waals surface area (Å²) in [6.45, 7) is 28.1. The molecular weight excluding hydrogens is 769 g/mol. The summed E-state index contributed by atoms with van der Waals surface area (Å²) >= 11 is 0. The first-order valence-electron chi connectivity index (χ1n) is 22.5. The lowest BCUT2D eigenvalue weighted by Gasteiger charge is -2.30. The molecular formula is C58H62N4O. The van der Waals surface area contributed by atoms with Gasteiger partial charge in [-0.3, -0.25) is 4.57 Å². The van der Waals surface area contributed by atoms with Gasteiger partial charge in [0.1, 0.15) is 24.0 Å². The fourth-order valence-corrected chi connectivity index (χ4v) is 8.89. The molecule has 2 aromatic heterocycles. The van der Waals surface area contributed by atoms with Gasteiger partial charge in [0.2, 0.25) is 0 Å². The molecule has 0 bridgehead atoms. The molecule has 5 nitrogen and oxygen atoms in total. The molecule has 0 aliphatic carbocycles. The summed E-state index contributed by atoms with van der Waals surface area (Å²) in [5, 5.41) is 2.35. The van der Waals surface area contributed by atoms with E-state index in [9.17, 15) is 0 Å². The Kier molecular flexibility index (Phi) is 10.1. The Bertz CT molecular complexity index is 2980. The van der Waals surface area contributed by atoms with E-state index in [2.05, 4.69) is 237 Å². The minimum atomic E-state index is -0.0190. The summed E-state index contributed by atoms with van der Waals surface area (Å²) in [7, 11) is 0. The highest BCUT2D eigenvalue weighted by molar-refractivity contribution is 6.09. The largest absolute Gasteiger partial charge is 0.457 e. The van der Waals surface area contributed by atoms with E-state index in [1.165, 1.54) is 55.8 Å². The maximum atomic E-state index is 6.82. The van der Waals surface area contributed by atoms with Crippen molar-refractivity contribution in [1.82, 2.24) is 9.55 Å². The Morgan fingerprint density at radius 3 is 1.81 bits per heavy atom. The molecule has 0 amide bonds. The lowest BCUT2D eigenvalue weighted by molar-refractivity contribution is 0.483. The lowest BCUT2D eigenvalue weighted by Crippen LogP contribution is -2.25. The fourth-order valence-electron chi connectivity index (χ4n) is 8.89. The van der Waals surface area contributed by atoms with Gasteiger partial charge in [0, 0.05) is 46.0 Å². The zero-order valence-electron chi connectivity index (χ0n) is 39.3. The van der Waals surface area contributed by atoms with Crippen LogP contribution in [0.5, 0.6) is 11.5 Å². The van der Waals surface area contributed by atoms with E-state index < -0.39 is 0 Å². The summed E-state index contributed by atoms with van der Waals surface area (Å²) in [5.74, 6) is 2.45. The minimum absolute atomic E-state index is 0.00659. The van der Waals surface area contributed by atoms with Crippen molar-refractivity contribution < 1.29 is 4.74 Å². The second-order valence-corrected chi connectivity index (χ2v) is 21.6. The van der Waals surface area contributed by atoms with Crippen molar-refractivity contribution in [2.24, 2.45) is 0 Å². The molecule has 1 aliphatic heterocycles. The van der Waals surface area contributed by atoms with Gasteiger partial charge in [0.25, 0.3) is 0 Å². The third-order valence-electron chi connectivity index (χ3n) is 12.7. The summed E-state index contributed by atoms with van der Waals surface area (Å²) in [6.07, 6.45) is 1.93. The molecule has 63 heavy (non-hydrogen) atoms. The average molecular weight is 831 g/mol. The van der Waals surface area contributed by atoms with Crippen molar-refractivity contribution in [1.29, 1.82) is 0 Å². The molecule has 0 N–H and O–H groups in total. The number of pyridine rings is 1. The number of para-hydroxylation sites is 2. The van der Waals surface area contributed by atoms with Crippen LogP contribution in [0.25, 0.3) is 38.8 Å². The van der Waals surface area contributed by atoms with Crippen molar-refractivity contribution in [2.75, 3.05) is 16.5 Å². The lowest BCUT2D eigenvalue weighted by atomic mass is 9.80. The first-order valence-corrected chi connectivity index (χ1v) is 22.5. The maximum Gasteiger partial charge on any atom is 0.137 e. The number of hydrogen-bond acceptors (Lipinski definition) is 4. The first kappa shape index (κ1) is 42.0. The number of hydrogen-bond donors (Lipinski definition) is 0. The number of nitrogens with zero attached hydrogens (tertiary/aromatic N) is 4. The summed E-state index contributed by atoms with van der Waals surface area (Å²) in [5.41, 5.74) is 14.5. The normalized spacial score (nSPS) is 13.6. The molecule has 3 heterocycles. The van der Waals surface area contributed by atoms with Gasteiger partial charge >= 0.3 is 0 Å². The standard InChI is InChI=1S/C58H62N4O/c1-55(2,3)39-19-15-18-38(30-39)47-23-17-25-51-54(47)61(44-32-41(57(7,8)9)31-42(33-44)58(10,11)12)37-60(51)43-20-16-21-45(35-43)63-46-26-27-49-48-22-13-14-24-50(48)62(52(49)36-46)53-34-40(28-29-59-53)56(4,5)6/h13-36H,37H2,1-12H3. The predicted molar refractivity (Wildman–Crippen MR) is 267 cm³/mol. The quantitative estimate of drug-likeness (QED) is 0.167. The van der Waals surface area contributed by atoms with E-state index in [0.717, 1.165) is 39.4 Å². The van der Waals surface area contributed by atoms with Crippen LogP contribution in [-0.2, 0) is 21.7 Å². The van der Waals surface area contributed by atoms with Crippen LogP contribution in [0.3, 0.4) is 0 Å². The summed E-state index contributed by atoms with van der Waals surface area (Å²) in [6, 6.07) is 51.0. The van der Waals surface area contributed by atoms with Gasteiger partial charge in [-0.25, -0.2) is 4.98 Å². The Morgan fingerprint density at radius 2 is 1.10 bits per heavy atom. The number of anilines is 4. The van der Waals surface area contributed by atoms with Crippen LogP contribution in [0, 0.1) is 0 Å². The van der Waals surface area contributed by atoms with E-state index in [1.807, 2.05) is 6.20 Å². The van der Waals surface area contributed by atoms with E-state index in [1.54, 1.807) is 0 Å². The van der Waals surface area contributed by atoms with Gasteiger partial charge in [0.05, 0.1) is 22.4 Å². The van der Waals surface area contributed by atoms with E-state index in [-0.39, 0.29) is 21.7 Å². The van der Waals surface area contributed by atoms with Crippen molar-refractivity contribution in [3.8, 4) is 28.4 Å². The van der Waals surface area contributed by atoms with Crippen LogP contribution in [0.1, 0.15) is 105 Å². The number of fused-ring (bicyclic) bond motifs is 4. The van der Waals surface area contributed by atoms with Gasteiger partial charge < -0.3 is 14.5 Å². The molecule has 0 spiro atoms. The Balaban J connectivity index is 1.15. The molecule has 5 heteroatoms. The zero-order valence-corrected chi connectivity index (χ0v) is 39.3. The van der Waals surface area contributed by atoms with Crippen LogP contribution < -0.4 is 14.5 Å². The fraction of sp³-hybridized carbons (Fsp3) is 0.293. The Hall–Kier alpha value is -6.33. The van der Waals surface area contributed by atoms with Crippen LogP contribution in [0.4, 0.5) is 22.7 Å². The molecule has 1 aliphatic rings. The zero-order chi connectivity index (χ0) is 44.6. The second kappa shape index (κ2) is 15.2. The maximum absolute atomic E-state index is 6.82. The number of aromatic nitrogens is 2. The van der Waals surface area contributed by atoms with Crippen molar-refractivity contribution >= 4 is 44.6 Å². The molecule has 0 radical (unpaired) electrons. The second-order valence-electron chi connectivity index (χ2n) is 21.6. The van der Waals surface area contributed by atoms with Gasteiger partial charge in [-0.05, 0) is 110 Å². The number of benzene rings is 6. The smallest absolute Gasteiger partial charge is 0.137 e. The molecule has 9 rings (SSSR count). The van der Waals surface area contributed by atoms with Gasteiger partial charge in [-0.1, -0.05) is 150 Å². The average Bonchev–Trinajstić information content (AvgIpc) is 3.79. The van der Waals surface area contributed by atoms with Crippen molar-refractivity contribution in [2.45, 2.75) is 105 Å². The highest BCUT2D eigenvalue weighted by Crippen LogP contribution is 2.51. The molecule has 0 saturated heterocycles. The summed E-state index contributed by atoms with van der Waals surface area (Å²) < 4.78 is 9.09. The molecule has 0 saturated carbocycles. The molecule has 0 atom stereocenters. The molecule has 0 unspecified atom stereocenters. The Morgan fingerprint density at radius 1 is 0.460 bits per heavy atom. The third-order valence-corrected chi connectivity index (χ3v) is 12.7. The van der Waals surface area contributed by atoms with Gasteiger partial charge in [-0.2, -0.15) is 0 Å². The minimum Gasteiger partial charge on any atom is -0.457 e. The van der Waals surface area contributed by atoms with E-state index in [0.29, 0.717) is 6.67 Å². The first-order chi connectivity index (χ1) is 29.7. The van der Waals surface area contributed by atoms with Crippen LogP contribution in [0.15, 0.2) is 146 Å². The monoisotopic (exact) mass is 830 g/mol. The van der Waals surface area contributed by atoms with Gasteiger partial charge in [0.15, 0.2) is 0 Å². The van der Waals surface area contributed by atoms with Crippen LogP contribution in [-0.4, -0.2) is 16.2 Å². The molecule has 8 aromatic rings. The van der Waals surface area contributed by atoms with E-state index >= 15 is 0 Å². The number of rotatable bonds is 6. The third kappa shape index (κ3) is 7.99. The molecule has 320 valence electrons. The van der Waals surface area contributed by atoms with Crippen molar-refractivity contribution in [3.05, 3.63) is 168 Å². The van der Waals surface area contributed by atoms with Crippen LogP contribution >= 0.6 is 0 Å².